The van der Waals surface area contributed by atoms with Gasteiger partial charge in [-0.2, -0.15) is 0 Å². The first kappa shape index (κ1) is 14.4. The fourth-order valence-corrected chi connectivity index (χ4v) is 2.47. The van der Waals surface area contributed by atoms with E-state index in [2.05, 4.69) is 0 Å². The number of halogens is 1. The van der Waals surface area contributed by atoms with Crippen LogP contribution in [0, 0.1) is 11.8 Å². The van der Waals surface area contributed by atoms with Crippen LogP contribution in [0.2, 0.25) is 5.02 Å². The highest BCUT2D eigenvalue weighted by molar-refractivity contribution is 6.30. The van der Waals surface area contributed by atoms with E-state index in [9.17, 15) is 4.79 Å². The van der Waals surface area contributed by atoms with Crippen LogP contribution < -0.4 is 0 Å². The van der Waals surface area contributed by atoms with Gasteiger partial charge in [-0.05, 0) is 48.8 Å². The maximum Gasteiger partial charge on any atom is 0.305 e. The number of ether oxygens (including phenoxy) is 1. The van der Waals surface area contributed by atoms with Crippen molar-refractivity contribution in [3.63, 3.8) is 0 Å². The summed E-state index contributed by atoms with van der Waals surface area (Å²) in [5, 5.41) is 0.712. The second kappa shape index (κ2) is 6.95. The minimum Gasteiger partial charge on any atom is -0.465 e. The van der Waals surface area contributed by atoms with Crippen molar-refractivity contribution in [2.75, 3.05) is 6.61 Å². The molecule has 3 rings (SSSR count). The Morgan fingerprint density at radius 2 is 2.11 bits per heavy atom. The minimum absolute atomic E-state index is 0.160. The maximum absolute atomic E-state index is 10.8. The van der Waals surface area contributed by atoms with Gasteiger partial charge in [0, 0.05) is 17.9 Å². The van der Waals surface area contributed by atoms with Gasteiger partial charge in [-0.25, -0.2) is 0 Å². The summed E-state index contributed by atoms with van der Waals surface area (Å²) in [6, 6.07) is 7.55. The first-order chi connectivity index (χ1) is 9.19. The molecule has 2 saturated carbocycles. The first-order valence-electron chi connectivity index (χ1n) is 7.09. The van der Waals surface area contributed by atoms with E-state index in [4.69, 9.17) is 16.3 Å². The number of carbonyl (C=O) groups excluding carboxylic acids is 1. The molecule has 0 spiro atoms. The lowest BCUT2D eigenvalue weighted by Gasteiger charge is -2.04. The summed E-state index contributed by atoms with van der Waals surface area (Å²) >= 11 is 5.81. The van der Waals surface area contributed by atoms with Crippen LogP contribution in [0.5, 0.6) is 0 Å². The first-order valence-corrected chi connectivity index (χ1v) is 7.47. The molecule has 0 amide bonds. The Kier molecular flexibility index (Phi) is 5.26. The second-order valence-electron chi connectivity index (χ2n) is 5.29. The van der Waals surface area contributed by atoms with Crippen LogP contribution in [-0.4, -0.2) is 12.6 Å². The highest BCUT2D eigenvalue weighted by Gasteiger charge is 2.44. The van der Waals surface area contributed by atoms with E-state index in [1.807, 2.05) is 24.3 Å². The van der Waals surface area contributed by atoms with E-state index in [-0.39, 0.29) is 5.97 Å². The molecule has 0 bridgehead atoms. The number of carbonyl (C=O) groups is 1. The summed E-state index contributed by atoms with van der Waals surface area (Å²) in [6.07, 6.45) is 5.84. The van der Waals surface area contributed by atoms with Gasteiger partial charge >= 0.3 is 5.97 Å². The average molecular weight is 281 g/mol. The van der Waals surface area contributed by atoms with Crippen molar-refractivity contribution >= 4 is 17.6 Å². The molecular formula is C16H21ClO2. The largest absolute Gasteiger partial charge is 0.465 e. The summed E-state index contributed by atoms with van der Waals surface area (Å²) in [6.45, 7) is 2.20. The zero-order chi connectivity index (χ0) is 13.7. The Morgan fingerprint density at radius 3 is 2.58 bits per heavy atom. The Bertz CT molecular complexity index is 419. The number of fused-ring (bicyclic) bond motifs is 1. The Hall–Kier alpha value is -1.02. The summed E-state index contributed by atoms with van der Waals surface area (Å²) in [4.78, 5) is 10.8. The Morgan fingerprint density at radius 1 is 1.37 bits per heavy atom. The third-order valence-electron chi connectivity index (χ3n) is 3.81. The lowest BCUT2D eigenvalue weighted by atomic mass is 10.0. The molecular weight excluding hydrogens is 260 g/mol. The quantitative estimate of drug-likeness (QED) is 0.771. The molecule has 2 fully saturated rings. The number of benzene rings is 1. The van der Waals surface area contributed by atoms with Crippen molar-refractivity contribution in [2.24, 2.45) is 11.8 Å². The molecule has 19 heavy (non-hydrogen) atoms. The van der Waals surface area contributed by atoms with Crippen molar-refractivity contribution in [3.05, 3.63) is 34.9 Å². The zero-order valence-corrected chi connectivity index (χ0v) is 12.2. The predicted octanol–water partition coefficient (Wildman–Crippen LogP) is 4.25. The fourth-order valence-electron chi connectivity index (χ4n) is 2.26. The smallest absolute Gasteiger partial charge is 0.305 e. The van der Waals surface area contributed by atoms with E-state index in [0.29, 0.717) is 24.5 Å². The predicted molar refractivity (Wildman–Crippen MR) is 77.2 cm³/mol. The van der Waals surface area contributed by atoms with Crippen molar-refractivity contribution in [3.8, 4) is 0 Å². The Balaban J connectivity index is 0.000000215. The molecule has 2 aliphatic rings. The molecule has 3 heteroatoms. The number of rotatable bonds is 4. The summed E-state index contributed by atoms with van der Waals surface area (Å²) in [5.74, 6) is 2.30. The van der Waals surface area contributed by atoms with Crippen molar-refractivity contribution in [2.45, 2.75) is 39.0 Å². The molecule has 1 aromatic rings. The van der Waals surface area contributed by atoms with Crippen molar-refractivity contribution in [1.29, 1.82) is 0 Å². The van der Waals surface area contributed by atoms with E-state index in [1.54, 1.807) is 26.2 Å². The lowest BCUT2D eigenvalue weighted by molar-refractivity contribution is -0.143. The normalized spacial score (nSPS) is 22.4. The van der Waals surface area contributed by atoms with Crippen molar-refractivity contribution < 1.29 is 9.53 Å². The van der Waals surface area contributed by atoms with Gasteiger partial charge in [0.15, 0.2) is 0 Å². The zero-order valence-electron chi connectivity index (χ0n) is 11.4. The van der Waals surface area contributed by atoms with Gasteiger partial charge < -0.3 is 4.74 Å². The molecule has 2 unspecified atom stereocenters. The van der Waals surface area contributed by atoms with Crippen LogP contribution >= 0.6 is 11.6 Å². The van der Waals surface area contributed by atoms with Crippen LogP contribution in [0.15, 0.2) is 24.3 Å². The summed E-state index contributed by atoms with van der Waals surface area (Å²) in [5.41, 5.74) is 1.08. The van der Waals surface area contributed by atoms with E-state index < -0.39 is 0 Å². The SMILES string of the molecule is C1CC2CC12.CCC(=O)OCCc1cccc(Cl)c1. The highest BCUT2D eigenvalue weighted by atomic mass is 35.5. The molecule has 0 aliphatic heterocycles. The van der Waals surface area contributed by atoms with Gasteiger partial charge in [0.1, 0.15) is 0 Å². The van der Waals surface area contributed by atoms with E-state index in [1.165, 1.54) is 11.8 Å². The lowest BCUT2D eigenvalue weighted by Crippen LogP contribution is -2.05. The molecule has 0 radical (unpaired) electrons. The van der Waals surface area contributed by atoms with Crippen LogP contribution in [0.4, 0.5) is 0 Å². The van der Waals surface area contributed by atoms with E-state index in [0.717, 1.165) is 5.56 Å². The molecule has 2 atom stereocenters. The monoisotopic (exact) mass is 280 g/mol. The number of hydrogen-bond acceptors (Lipinski definition) is 2. The van der Waals surface area contributed by atoms with Gasteiger partial charge in [-0.15, -0.1) is 0 Å². The van der Waals surface area contributed by atoms with Gasteiger partial charge in [-0.3, -0.25) is 4.79 Å². The topological polar surface area (TPSA) is 26.3 Å². The number of hydrogen-bond donors (Lipinski definition) is 0. The molecule has 2 aliphatic carbocycles. The molecule has 0 heterocycles. The third kappa shape index (κ3) is 4.87. The fraction of sp³-hybridized carbons (Fsp3) is 0.562. The van der Waals surface area contributed by atoms with Gasteiger partial charge in [-0.1, -0.05) is 30.7 Å². The molecule has 0 saturated heterocycles. The van der Waals surface area contributed by atoms with Crippen LogP contribution in [-0.2, 0) is 16.0 Å². The van der Waals surface area contributed by atoms with Gasteiger partial charge in [0.05, 0.1) is 6.61 Å². The summed E-state index contributed by atoms with van der Waals surface area (Å²) < 4.78 is 4.95. The second-order valence-corrected chi connectivity index (χ2v) is 5.72. The standard InChI is InChI=1S/C11H13ClO2.C5H8/c1-2-11(13)14-7-6-9-4-3-5-10(12)8-9;1-2-5-3-4(1)5/h3-5,8H,2,6-7H2,1H3;4-5H,1-3H2. The molecule has 2 nitrogen and oxygen atoms in total. The molecule has 104 valence electrons. The van der Waals surface area contributed by atoms with Crippen LogP contribution in [0.1, 0.15) is 38.2 Å². The van der Waals surface area contributed by atoms with Crippen molar-refractivity contribution in [1.82, 2.24) is 0 Å². The van der Waals surface area contributed by atoms with Crippen LogP contribution in [0.25, 0.3) is 0 Å². The average Bonchev–Trinajstić information content (AvgIpc) is 2.96. The number of esters is 1. The van der Waals surface area contributed by atoms with Gasteiger partial charge in [0.25, 0.3) is 0 Å². The summed E-state index contributed by atoms with van der Waals surface area (Å²) in [7, 11) is 0. The highest BCUT2D eigenvalue weighted by Crippen LogP contribution is 2.55. The molecule has 0 aromatic heterocycles. The molecule has 1 aromatic carbocycles. The minimum atomic E-state index is -0.160. The van der Waals surface area contributed by atoms with E-state index >= 15 is 0 Å². The maximum atomic E-state index is 10.8. The van der Waals surface area contributed by atoms with Gasteiger partial charge in [0.2, 0.25) is 0 Å². The Labute approximate surface area is 120 Å². The molecule has 0 N–H and O–H groups in total. The van der Waals surface area contributed by atoms with Crippen LogP contribution in [0.3, 0.4) is 0 Å². The third-order valence-corrected chi connectivity index (χ3v) is 4.04.